The van der Waals surface area contributed by atoms with Gasteiger partial charge in [0.15, 0.2) is 6.20 Å². The molecule has 0 bridgehead atoms. The van der Waals surface area contributed by atoms with E-state index in [1.165, 1.54) is 33.5 Å². The topological polar surface area (TPSA) is 3.88 Å². The van der Waals surface area contributed by atoms with Crippen molar-refractivity contribution in [3.8, 4) is 22.4 Å². The number of hydrogen-bond donors (Lipinski definition) is 0. The van der Waals surface area contributed by atoms with E-state index >= 15 is 0 Å². The minimum atomic E-state index is -2.19. The van der Waals surface area contributed by atoms with Crippen molar-refractivity contribution in [3.05, 3.63) is 88.6 Å². The normalized spacial score (nSPS) is 17.8. The lowest BCUT2D eigenvalue weighted by Crippen LogP contribution is -2.45. The van der Waals surface area contributed by atoms with Crippen LogP contribution in [0.5, 0.6) is 0 Å². The van der Waals surface area contributed by atoms with Gasteiger partial charge >= 0.3 is 0 Å². The molecule has 0 aliphatic heterocycles. The molecule has 0 radical (unpaired) electrons. The Hall–Kier alpha value is -2.93. The van der Waals surface area contributed by atoms with E-state index in [0.717, 1.165) is 21.9 Å². The molecule has 4 aromatic rings. The summed E-state index contributed by atoms with van der Waals surface area (Å²) in [6.07, 6.45) is 2.12. The van der Waals surface area contributed by atoms with Crippen LogP contribution in [0.3, 0.4) is 0 Å². The van der Waals surface area contributed by atoms with Crippen LogP contribution in [0.25, 0.3) is 33.2 Å². The summed E-state index contributed by atoms with van der Waals surface area (Å²) < 4.78 is 27.2. The zero-order chi connectivity index (χ0) is 25.5. The summed E-state index contributed by atoms with van der Waals surface area (Å²) in [4.78, 5) is 0. The van der Waals surface area contributed by atoms with Crippen molar-refractivity contribution in [2.45, 2.75) is 59.2 Å². The van der Waals surface area contributed by atoms with Crippen molar-refractivity contribution >= 4 is 10.8 Å². The van der Waals surface area contributed by atoms with Gasteiger partial charge in [0.05, 0.1) is 5.56 Å². The Labute approximate surface area is 197 Å². The SMILES string of the molecule is [2H]C([2H])([2H])c1cc2c(c3ccccc13)C(C)(C)C(C)(C)c1c-2ccc(C)c1-c1cc(C)cc[n+]1C. The third-order valence-corrected chi connectivity index (χ3v) is 8.12. The summed E-state index contributed by atoms with van der Waals surface area (Å²) in [6.45, 7) is 11.5. The monoisotopic (exact) mass is 423 g/mol. The van der Waals surface area contributed by atoms with Crippen molar-refractivity contribution in [1.82, 2.24) is 0 Å². The van der Waals surface area contributed by atoms with Gasteiger partial charge in [-0.05, 0) is 70.4 Å². The van der Waals surface area contributed by atoms with Gasteiger partial charge in [0, 0.05) is 27.1 Å². The maximum Gasteiger partial charge on any atom is 0.213 e. The maximum absolute atomic E-state index is 8.33. The molecular weight excluding hydrogens is 386 g/mol. The highest BCUT2D eigenvalue weighted by atomic mass is 14.9. The van der Waals surface area contributed by atoms with E-state index in [4.69, 9.17) is 4.11 Å². The highest BCUT2D eigenvalue weighted by Crippen LogP contribution is 2.58. The van der Waals surface area contributed by atoms with E-state index < -0.39 is 6.85 Å². The Morgan fingerprint density at radius 2 is 1.44 bits per heavy atom. The van der Waals surface area contributed by atoms with Gasteiger partial charge in [0.25, 0.3) is 0 Å². The molecule has 1 aromatic heterocycles. The van der Waals surface area contributed by atoms with Gasteiger partial charge in [0.2, 0.25) is 5.69 Å². The molecule has 32 heavy (non-hydrogen) atoms. The molecule has 0 fully saturated rings. The van der Waals surface area contributed by atoms with Gasteiger partial charge in [-0.25, -0.2) is 4.57 Å². The second-order valence-corrected chi connectivity index (χ2v) is 10.5. The molecule has 1 aliphatic rings. The molecule has 1 heterocycles. The van der Waals surface area contributed by atoms with E-state index in [2.05, 4.69) is 89.7 Å². The van der Waals surface area contributed by atoms with Gasteiger partial charge in [-0.3, -0.25) is 0 Å². The number of fused-ring (bicyclic) bond motifs is 5. The summed E-state index contributed by atoms with van der Waals surface area (Å²) in [6, 6.07) is 18.8. The predicted molar refractivity (Wildman–Crippen MR) is 136 cm³/mol. The standard InChI is InChI=1S/C31H34N/c1-19-15-16-32(8)26(17-19)27-20(2)13-14-24-25-18-21(3)22-11-9-10-12-23(22)28(25)30(4,5)31(6,7)29(24)27/h9-18H,1-8H3/q+1/i3D3. The minimum absolute atomic E-state index is 0.211. The molecule has 1 aliphatic carbocycles. The molecular formula is C31H34N+. The molecule has 0 unspecified atom stereocenters. The molecule has 1 heteroatoms. The van der Waals surface area contributed by atoms with E-state index in [1.54, 1.807) is 0 Å². The Bertz CT molecular complexity index is 1510. The number of aryl methyl sites for hydroxylation is 4. The first-order valence-corrected chi connectivity index (χ1v) is 11.4. The molecule has 1 nitrogen and oxygen atoms in total. The molecule has 0 amide bonds. The molecule has 0 saturated carbocycles. The summed E-state index contributed by atoms with van der Waals surface area (Å²) in [5.41, 5.74) is 9.58. The Morgan fingerprint density at radius 1 is 0.750 bits per heavy atom. The number of nitrogens with zero attached hydrogens (tertiary/aromatic N) is 1. The van der Waals surface area contributed by atoms with Gasteiger partial charge in [-0.15, -0.1) is 0 Å². The molecule has 0 spiro atoms. The summed E-state index contributed by atoms with van der Waals surface area (Å²) >= 11 is 0. The lowest BCUT2D eigenvalue weighted by Gasteiger charge is -2.49. The van der Waals surface area contributed by atoms with Crippen LogP contribution in [-0.4, -0.2) is 0 Å². The first-order valence-electron chi connectivity index (χ1n) is 12.9. The second kappa shape index (κ2) is 6.78. The van der Waals surface area contributed by atoms with Gasteiger partial charge in [-0.2, -0.15) is 0 Å². The number of benzene rings is 3. The largest absolute Gasteiger partial charge is 0.213 e. The van der Waals surface area contributed by atoms with Crippen LogP contribution in [-0.2, 0) is 17.9 Å². The van der Waals surface area contributed by atoms with Crippen LogP contribution in [0.1, 0.15) is 59.6 Å². The van der Waals surface area contributed by atoms with Crippen molar-refractivity contribution in [3.63, 3.8) is 0 Å². The zero-order valence-electron chi connectivity index (χ0n) is 23.2. The fraction of sp³-hybridized carbons (Fsp3) is 0.323. The third kappa shape index (κ3) is 2.67. The third-order valence-electron chi connectivity index (χ3n) is 8.12. The predicted octanol–water partition coefficient (Wildman–Crippen LogP) is 7.49. The van der Waals surface area contributed by atoms with Gasteiger partial charge in [-0.1, -0.05) is 70.2 Å². The first kappa shape index (κ1) is 17.6. The molecule has 5 rings (SSSR count). The highest BCUT2D eigenvalue weighted by Gasteiger charge is 2.48. The summed E-state index contributed by atoms with van der Waals surface area (Å²) in [7, 11) is 2.10. The van der Waals surface area contributed by atoms with Crippen molar-refractivity contribution in [2.24, 2.45) is 7.05 Å². The molecule has 0 N–H and O–H groups in total. The van der Waals surface area contributed by atoms with E-state index in [1.807, 2.05) is 24.3 Å². The fourth-order valence-electron chi connectivity index (χ4n) is 5.72. The quantitative estimate of drug-likeness (QED) is 0.279. The average Bonchev–Trinajstić information content (AvgIpc) is 2.78. The molecule has 3 aromatic carbocycles. The first-order chi connectivity index (χ1) is 16.3. The lowest BCUT2D eigenvalue weighted by molar-refractivity contribution is -0.660. The van der Waals surface area contributed by atoms with Crippen LogP contribution >= 0.6 is 0 Å². The Kier molecular flexibility index (Phi) is 3.73. The van der Waals surface area contributed by atoms with Crippen LogP contribution in [0.4, 0.5) is 0 Å². The molecule has 0 atom stereocenters. The van der Waals surface area contributed by atoms with Gasteiger partial charge < -0.3 is 0 Å². The summed E-state index contributed by atoms with van der Waals surface area (Å²) in [5, 5.41) is 1.87. The van der Waals surface area contributed by atoms with Crippen molar-refractivity contribution < 1.29 is 8.68 Å². The highest BCUT2D eigenvalue weighted by molar-refractivity contribution is 5.98. The van der Waals surface area contributed by atoms with Crippen LogP contribution in [0.15, 0.2) is 60.8 Å². The number of aromatic nitrogens is 1. The van der Waals surface area contributed by atoms with Crippen molar-refractivity contribution in [2.75, 3.05) is 0 Å². The van der Waals surface area contributed by atoms with E-state index in [-0.39, 0.29) is 10.8 Å². The fourth-order valence-corrected chi connectivity index (χ4v) is 5.72. The Balaban J connectivity index is 2.01. The maximum atomic E-state index is 8.33. The molecule has 0 saturated heterocycles. The van der Waals surface area contributed by atoms with E-state index in [9.17, 15) is 0 Å². The minimum Gasteiger partial charge on any atom is -0.201 e. The van der Waals surface area contributed by atoms with E-state index in [0.29, 0.717) is 5.56 Å². The zero-order valence-corrected chi connectivity index (χ0v) is 20.2. The summed E-state index contributed by atoms with van der Waals surface area (Å²) in [5.74, 6) is 0. The number of hydrogen-bond acceptors (Lipinski definition) is 0. The average molecular weight is 424 g/mol. The van der Waals surface area contributed by atoms with Gasteiger partial charge in [0.1, 0.15) is 7.05 Å². The number of rotatable bonds is 1. The molecule has 162 valence electrons. The van der Waals surface area contributed by atoms with Crippen LogP contribution < -0.4 is 4.57 Å². The second-order valence-electron chi connectivity index (χ2n) is 10.5. The smallest absolute Gasteiger partial charge is 0.201 e. The number of pyridine rings is 1. The van der Waals surface area contributed by atoms with Crippen LogP contribution in [0.2, 0.25) is 0 Å². The van der Waals surface area contributed by atoms with Crippen molar-refractivity contribution in [1.29, 1.82) is 0 Å². The lowest BCUT2D eigenvalue weighted by atomic mass is 9.53. The van der Waals surface area contributed by atoms with Crippen LogP contribution in [0, 0.1) is 20.7 Å². The Morgan fingerprint density at radius 3 is 2.16 bits per heavy atom.